The molecule has 302 valence electrons. The van der Waals surface area contributed by atoms with Crippen LogP contribution in [0.5, 0.6) is 0 Å². The monoisotopic (exact) mass is 784 g/mol. The number of nitrogen functional groups attached to an aromatic ring is 1. The molecule has 9 rings (SSSR count). The minimum absolute atomic E-state index is 0.0538. The van der Waals surface area contributed by atoms with Crippen LogP contribution in [0.15, 0.2) is 103 Å². The molecule has 6 bridgehead atoms. The zero-order valence-electron chi connectivity index (χ0n) is 32.7. The number of amidine groups is 1. The van der Waals surface area contributed by atoms with E-state index in [9.17, 15) is 24.0 Å². The van der Waals surface area contributed by atoms with Crippen LogP contribution >= 0.6 is 0 Å². The largest absolute Gasteiger partial charge is 0.384 e. The van der Waals surface area contributed by atoms with Gasteiger partial charge in [0.05, 0.1) is 12.5 Å². The molecule has 1 saturated heterocycles. The first-order valence-corrected chi connectivity index (χ1v) is 19.9. The lowest BCUT2D eigenvalue weighted by atomic mass is 9.89. The summed E-state index contributed by atoms with van der Waals surface area (Å²) in [4.78, 5) is 71.9. The molecule has 4 amide bonds. The number of hydrogen-bond acceptors (Lipinski definition) is 8. The number of Topliss-reactive ketones (excluding diaryl/α,β-unsaturated/α-hetero) is 1. The normalized spacial score (nSPS) is 20.8. The fourth-order valence-corrected chi connectivity index (χ4v) is 7.22. The molecule has 58 heavy (non-hydrogen) atoms. The molecule has 0 unspecified atom stereocenters. The van der Waals surface area contributed by atoms with Gasteiger partial charge in [-0.3, -0.25) is 29.4 Å². The molecule has 1 fully saturated rings. The summed E-state index contributed by atoms with van der Waals surface area (Å²) >= 11 is 0. The van der Waals surface area contributed by atoms with E-state index in [-0.39, 0.29) is 67.5 Å². The molecule has 0 aliphatic carbocycles. The number of nitrogens with zero attached hydrogens (tertiary/aromatic N) is 2. The van der Waals surface area contributed by atoms with E-state index < -0.39 is 12.0 Å². The van der Waals surface area contributed by atoms with Gasteiger partial charge in [0.15, 0.2) is 5.78 Å². The van der Waals surface area contributed by atoms with E-state index in [1.54, 1.807) is 48.5 Å². The van der Waals surface area contributed by atoms with Gasteiger partial charge >= 0.3 is 0 Å². The van der Waals surface area contributed by atoms with Crippen molar-refractivity contribution < 1.29 is 24.0 Å². The Morgan fingerprint density at radius 1 is 0.655 bits per heavy atom. The Balaban J connectivity index is 1.24. The van der Waals surface area contributed by atoms with Crippen molar-refractivity contribution in [2.75, 3.05) is 49.9 Å². The molecule has 5 heterocycles. The molecule has 4 aromatic carbocycles. The molecule has 5 aliphatic rings. The average molecular weight is 785 g/mol. The summed E-state index contributed by atoms with van der Waals surface area (Å²) in [6.45, 7) is 4.74. The number of carbonyl (C=O) groups excluding carboxylic acids is 5. The van der Waals surface area contributed by atoms with Crippen LogP contribution in [0.4, 0.5) is 11.4 Å². The Labute approximate surface area is 339 Å². The quantitative estimate of drug-likeness (QED) is 0.121. The maximum absolute atomic E-state index is 14.3. The van der Waals surface area contributed by atoms with Crippen LogP contribution < -0.4 is 27.0 Å². The standard InChI is InChI=1S/C45H52N8O5/c46-44(47)35-12-6-34(7-13-35)30-48-45(58)36-26-32-8-14-37(15-9-32)49-41(55)18-20-52-22-24-53(25-23-52)21-19-42(56)50-38-16-10-33(11-17-38)27-39(40(54)29-36)51-43(57)28-31-4-2-1-3-5-31/h1-17,36,39H,18-30H2,(H3,46,47)(H,48,58)(H,49,55)(H,50,56)(H,51,57)/t36-,39-/m1/s1. The van der Waals surface area contributed by atoms with Gasteiger partial charge < -0.3 is 36.8 Å². The predicted molar refractivity (Wildman–Crippen MR) is 224 cm³/mol. The molecule has 0 spiro atoms. The lowest BCUT2D eigenvalue weighted by Crippen LogP contribution is -2.47. The van der Waals surface area contributed by atoms with Gasteiger partial charge in [-0.15, -0.1) is 0 Å². The zero-order valence-corrected chi connectivity index (χ0v) is 32.7. The van der Waals surface area contributed by atoms with Gasteiger partial charge in [0, 0.05) is 87.9 Å². The fourth-order valence-electron chi connectivity index (χ4n) is 7.22. The van der Waals surface area contributed by atoms with Crippen molar-refractivity contribution in [3.05, 3.63) is 131 Å². The van der Waals surface area contributed by atoms with E-state index in [0.29, 0.717) is 42.9 Å². The van der Waals surface area contributed by atoms with Gasteiger partial charge in [-0.25, -0.2) is 0 Å². The Morgan fingerprint density at radius 3 is 1.72 bits per heavy atom. The van der Waals surface area contributed by atoms with Gasteiger partial charge in [-0.1, -0.05) is 78.9 Å². The third-order valence-corrected chi connectivity index (χ3v) is 10.7. The maximum atomic E-state index is 14.3. The lowest BCUT2D eigenvalue weighted by Gasteiger charge is -2.34. The van der Waals surface area contributed by atoms with Crippen LogP contribution in [-0.4, -0.2) is 90.4 Å². The molecule has 0 saturated carbocycles. The molecule has 13 nitrogen and oxygen atoms in total. The second kappa shape index (κ2) is 20.3. The van der Waals surface area contributed by atoms with Crippen molar-refractivity contribution in [3.8, 4) is 0 Å². The van der Waals surface area contributed by atoms with E-state index in [1.807, 2.05) is 54.6 Å². The fraction of sp³-hybridized carbons (Fsp3) is 0.333. The summed E-state index contributed by atoms with van der Waals surface area (Å²) in [5, 5.41) is 19.5. The smallest absolute Gasteiger partial charge is 0.225 e. The third-order valence-electron chi connectivity index (χ3n) is 10.7. The van der Waals surface area contributed by atoms with Gasteiger partial charge in [-0.05, 0) is 59.4 Å². The number of ketones is 1. The van der Waals surface area contributed by atoms with Crippen LogP contribution in [0.1, 0.15) is 47.1 Å². The molecule has 0 radical (unpaired) electrons. The number of anilines is 2. The van der Waals surface area contributed by atoms with Gasteiger partial charge in [0.2, 0.25) is 23.6 Å². The number of nitrogens with two attached hydrogens (primary N) is 1. The topological polar surface area (TPSA) is 190 Å². The van der Waals surface area contributed by atoms with Crippen LogP contribution in [-0.2, 0) is 49.8 Å². The second-order valence-corrected chi connectivity index (χ2v) is 15.1. The highest BCUT2D eigenvalue weighted by Gasteiger charge is 2.29. The van der Waals surface area contributed by atoms with Crippen molar-refractivity contribution in [1.82, 2.24) is 20.4 Å². The number of rotatable bonds is 7. The highest BCUT2D eigenvalue weighted by Crippen LogP contribution is 2.20. The van der Waals surface area contributed by atoms with Crippen molar-refractivity contribution in [2.24, 2.45) is 11.7 Å². The number of fused-ring (bicyclic) bond motifs is 3. The minimum atomic E-state index is -0.928. The Kier molecular flexibility index (Phi) is 14.5. The van der Waals surface area contributed by atoms with Gasteiger partial charge in [0.1, 0.15) is 5.84 Å². The van der Waals surface area contributed by atoms with E-state index in [0.717, 1.165) is 48.4 Å². The van der Waals surface area contributed by atoms with Crippen molar-refractivity contribution >= 4 is 46.6 Å². The summed E-state index contributed by atoms with van der Waals surface area (Å²) in [7, 11) is 0. The van der Waals surface area contributed by atoms with E-state index in [4.69, 9.17) is 11.1 Å². The van der Waals surface area contributed by atoms with E-state index >= 15 is 0 Å². The Bertz CT molecular complexity index is 2050. The molecular formula is C45H52N8O5. The summed E-state index contributed by atoms with van der Waals surface area (Å²) < 4.78 is 0. The SMILES string of the molecule is N=C(N)c1ccc(CNC(=O)[C@H]2CC(=O)[C@H](NC(=O)Cc3ccccc3)Cc3ccc(cc3)NC(=O)CCN3CCN(CCC(=O)Nc4ccc(cc4)C2)CC3)cc1. The van der Waals surface area contributed by atoms with Crippen LogP contribution in [0.3, 0.4) is 0 Å². The molecule has 4 aromatic rings. The Morgan fingerprint density at radius 2 is 1.19 bits per heavy atom. The van der Waals surface area contributed by atoms with Crippen LogP contribution in [0, 0.1) is 11.3 Å². The maximum Gasteiger partial charge on any atom is 0.225 e. The number of carbonyl (C=O) groups is 5. The summed E-state index contributed by atoms with van der Waals surface area (Å²) in [6, 6.07) is 29.9. The molecule has 2 atom stereocenters. The van der Waals surface area contributed by atoms with Crippen molar-refractivity contribution in [1.29, 1.82) is 5.41 Å². The predicted octanol–water partition coefficient (Wildman–Crippen LogP) is 3.66. The second-order valence-electron chi connectivity index (χ2n) is 15.1. The summed E-state index contributed by atoms with van der Waals surface area (Å²) in [5.74, 6) is -1.97. The number of amides is 4. The first kappa shape index (κ1) is 41.5. The lowest BCUT2D eigenvalue weighted by molar-refractivity contribution is -0.131. The van der Waals surface area contributed by atoms with Crippen LogP contribution in [0.2, 0.25) is 0 Å². The summed E-state index contributed by atoms with van der Waals surface area (Å²) in [5.41, 5.74) is 10.6. The first-order valence-electron chi connectivity index (χ1n) is 19.9. The van der Waals surface area contributed by atoms with Gasteiger partial charge in [-0.2, -0.15) is 0 Å². The number of nitrogens with one attached hydrogen (secondary N) is 5. The highest BCUT2D eigenvalue weighted by atomic mass is 16.2. The number of benzene rings is 4. The Hall–Kier alpha value is -6.18. The highest BCUT2D eigenvalue weighted by molar-refractivity contribution is 5.95. The first-order chi connectivity index (χ1) is 28.1. The van der Waals surface area contributed by atoms with Gasteiger partial charge in [0.25, 0.3) is 0 Å². The summed E-state index contributed by atoms with van der Waals surface area (Å²) in [6.07, 6.45) is 1.04. The minimum Gasteiger partial charge on any atom is -0.384 e. The van der Waals surface area contributed by atoms with Crippen LogP contribution in [0.25, 0.3) is 0 Å². The molecule has 7 N–H and O–H groups in total. The van der Waals surface area contributed by atoms with Crippen molar-refractivity contribution in [2.45, 2.75) is 51.1 Å². The van der Waals surface area contributed by atoms with E-state index in [2.05, 4.69) is 31.1 Å². The van der Waals surface area contributed by atoms with E-state index in [1.165, 1.54) is 0 Å². The molecule has 5 aliphatic heterocycles. The molecule has 13 heteroatoms. The molecular weight excluding hydrogens is 733 g/mol. The van der Waals surface area contributed by atoms with Crippen molar-refractivity contribution in [3.63, 3.8) is 0 Å². The molecule has 0 aromatic heterocycles. The number of hydrogen-bond donors (Lipinski definition) is 6. The third kappa shape index (κ3) is 12.7. The number of piperazine rings is 1. The zero-order chi connectivity index (χ0) is 40.9. The average Bonchev–Trinajstić information content (AvgIpc) is 3.22.